The van der Waals surface area contributed by atoms with Crippen LogP contribution in [0.5, 0.6) is 0 Å². The van der Waals surface area contributed by atoms with E-state index in [0.29, 0.717) is 10.6 Å². The molecule has 1 aliphatic rings. The quantitative estimate of drug-likeness (QED) is 0.920. The van der Waals surface area contributed by atoms with Gasteiger partial charge in [0.15, 0.2) is 0 Å². The Morgan fingerprint density at radius 2 is 2.05 bits per heavy atom. The van der Waals surface area contributed by atoms with Crippen LogP contribution in [0, 0.1) is 0 Å². The zero-order chi connectivity index (χ0) is 13.7. The van der Waals surface area contributed by atoms with Crippen LogP contribution < -0.4 is 5.32 Å². The number of halogens is 1. The van der Waals surface area contributed by atoms with Crippen LogP contribution in [-0.2, 0) is 0 Å². The van der Waals surface area contributed by atoms with Crippen LogP contribution in [0.3, 0.4) is 0 Å². The summed E-state index contributed by atoms with van der Waals surface area (Å²) in [6.07, 6.45) is 3.24. The lowest BCUT2D eigenvalue weighted by atomic mass is 10.0. The number of hydrogen-bond acceptors (Lipinski definition) is 2. The Morgan fingerprint density at radius 1 is 1.37 bits per heavy atom. The van der Waals surface area contributed by atoms with Gasteiger partial charge in [-0.2, -0.15) is 0 Å². The highest BCUT2D eigenvalue weighted by molar-refractivity contribution is 6.33. The number of carbonyl (C=O) groups is 1. The van der Waals surface area contributed by atoms with E-state index in [9.17, 15) is 4.79 Å². The van der Waals surface area contributed by atoms with E-state index in [0.717, 1.165) is 32.5 Å². The van der Waals surface area contributed by atoms with E-state index in [-0.39, 0.29) is 11.9 Å². The monoisotopic (exact) mass is 280 g/mol. The molecule has 1 aliphatic heterocycles. The van der Waals surface area contributed by atoms with Crippen LogP contribution in [0.15, 0.2) is 24.3 Å². The van der Waals surface area contributed by atoms with Gasteiger partial charge in [0.1, 0.15) is 0 Å². The van der Waals surface area contributed by atoms with Crippen molar-refractivity contribution in [1.29, 1.82) is 0 Å². The summed E-state index contributed by atoms with van der Waals surface area (Å²) in [6.45, 7) is 5.50. The molecule has 0 unspecified atom stereocenters. The minimum absolute atomic E-state index is 0.0560. The molecular weight excluding hydrogens is 260 g/mol. The summed E-state index contributed by atoms with van der Waals surface area (Å²) in [5.74, 6) is -0.0560. The number of benzene rings is 1. The highest BCUT2D eigenvalue weighted by Crippen LogP contribution is 2.16. The Labute approximate surface area is 119 Å². The fraction of sp³-hybridized carbons (Fsp3) is 0.533. The van der Waals surface area contributed by atoms with Crippen molar-refractivity contribution in [1.82, 2.24) is 10.2 Å². The first-order valence-electron chi connectivity index (χ1n) is 6.98. The van der Waals surface area contributed by atoms with Crippen molar-refractivity contribution < 1.29 is 4.79 Å². The number of nitrogens with one attached hydrogen (secondary N) is 1. The fourth-order valence-corrected chi connectivity index (χ4v) is 2.75. The maximum Gasteiger partial charge on any atom is 0.253 e. The Hall–Kier alpha value is -1.06. The van der Waals surface area contributed by atoms with Crippen molar-refractivity contribution in [3.05, 3.63) is 34.9 Å². The third-order valence-corrected chi connectivity index (χ3v) is 3.91. The Kier molecular flexibility index (Phi) is 5.23. The maximum absolute atomic E-state index is 12.1. The summed E-state index contributed by atoms with van der Waals surface area (Å²) in [4.78, 5) is 14.6. The highest BCUT2D eigenvalue weighted by atomic mass is 35.5. The van der Waals surface area contributed by atoms with Gasteiger partial charge in [-0.1, -0.05) is 30.7 Å². The first-order chi connectivity index (χ1) is 9.20. The van der Waals surface area contributed by atoms with Gasteiger partial charge in [0, 0.05) is 19.1 Å². The van der Waals surface area contributed by atoms with Crippen LogP contribution in [0.2, 0.25) is 5.02 Å². The summed E-state index contributed by atoms with van der Waals surface area (Å²) in [5.41, 5.74) is 0.570. The molecule has 1 aromatic rings. The van der Waals surface area contributed by atoms with Crippen molar-refractivity contribution in [3.8, 4) is 0 Å². The number of amides is 1. The van der Waals surface area contributed by atoms with E-state index in [1.165, 1.54) is 6.42 Å². The zero-order valence-corrected chi connectivity index (χ0v) is 12.1. The summed E-state index contributed by atoms with van der Waals surface area (Å²) < 4.78 is 0. The molecule has 0 aromatic heterocycles. The molecule has 0 spiro atoms. The molecule has 1 heterocycles. The summed E-state index contributed by atoms with van der Waals surface area (Å²) >= 11 is 6.03. The number of carbonyl (C=O) groups excluding carboxylic acids is 1. The molecule has 1 N–H and O–H groups in total. The molecule has 0 bridgehead atoms. The second kappa shape index (κ2) is 6.92. The van der Waals surface area contributed by atoms with E-state index < -0.39 is 0 Å². The van der Waals surface area contributed by atoms with Crippen molar-refractivity contribution in [2.24, 2.45) is 0 Å². The number of likely N-dealkylation sites (tertiary alicyclic amines) is 1. The van der Waals surface area contributed by atoms with Gasteiger partial charge in [0.05, 0.1) is 10.6 Å². The average molecular weight is 281 g/mol. The van der Waals surface area contributed by atoms with E-state index in [4.69, 9.17) is 11.6 Å². The standard InChI is InChI=1S/C15H21ClN2O/c1-2-9-18-10-7-12(8-11-18)17-15(19)13-5-3-4-6-14(13)16/h3-6,12H,2,7-11H2,1H3,(H,17,19). The van der Waals surface area contributed by atoms with Gasteiger partial charge >= 0.3 is 0 Å². The highest BCUT2D eigenvalue weighted by Gasteiger charge is 2.21. The minimum atomic E-state index is -0.0560. The molecule has 3 nitrogen and oxygen atoms in total. The fourth-order valence-electron chi connectivity index (χ4n) is 2.53. The molecule has 2 rings (SSSR count). The molecule has 0 aliphatic carbocycles. The van der Waals surface area contributed by atoms with Crippen LogP contribution in [0.25, 0.3) is 0 Å². The molecule has 1 amide bonds. The van der Waals surface area contributed by atoms with Gasteiger partial charge in [-0.05, 0) is 37.9 Å². The first-order valence-corrected chi connectivity index (χ1v) is 7.36. The summed E-state index contributed by atoms with van der Waals surface area (Å²) in [6, 6.07) is 7.47. The Balaban J connectivity index is 1.86. The van der Waals surface area contributed by atoms with Crippen molar-refractivity contribution in [2.75, 3.05) is 19.6 Å². The van der Waals surface area contributed by atoms with Gasteiger partial charge in [0.2, 0.25) is 0 Å². The summed E-state index contributed by atoms with van der Waals surface area (Å²) in [7, 11) is 0. The zero-order valence-electron chi connectivity index (χ0n) is 11.4. The van der Waals surface area contributed by atoms with Crippen molar-refractivity contribution in [3.63, 3.8) is 0 Å². The topological polar surface area (TPSA) is 32.3 Å². The molecule has 104 valence electrons. The van der Waals surface area contributed by atoms with Gasteiger partial charge in [-0.25, -0.2) is 0 Å². The second-order valence-corrected chi connectivity index (χ2v) is 5.48. The van der Waals surface area contributed by atoms with Gasteiger partial charge in [0.25, 0.3) is 5.91 Å². The molecule has 0 radical (unpaired) electrons. The van der Waals surface area contributed by atoms with Crippen LogP contribution in [-0.4, -0.2) is 36.5 Å². The third kappa shape index (κ3) is 3.95. The SMILES string of the molecule is CCCN1CCC(NC(=O)c2ccccc2Cl)CC1. The summed E-state index contributed by atoms with van der Waals surface area (Å²) in [5, 5.41) is 3.61. The van der Waals surface area contributed by atoms with Crippen LogP contribution >= 0.6 is 11.6 Å². The van der Waals surface area contributed by atoms with E-state index in [1.54, 1.807) is 12.1 Å². The largest absolute Gasteiger partial charge is 0.349 e. The van der Waals surface area contributed by atoms with E-state index in [2.05, 4.69) is 17.1 Å². The molecular formula is C15H21ClN2O. The molecule has 0 atom stereocenters. The maximum atomic E-state index is 12.1. The van der Waals surface area contributed by atoms with E-state index in [1.807, 2.05) is 12.1 Å². The Bertz CT molecular complexity index is 428. The predicted octanol–water partition coefficient (Wildman–Crippen LogP) is 2.94. The molecule has 1 fully saturated rings. The van der Waals surface area contributed by atoms with E-state index >= 15 is 0 Å². The lowest BCUT2D eigenvalue weighted by Crippen LogP contribution is -2.44. The van der Waals surface area contributed by atoms with Crippen molar-refractivity contribution in [2.45, 2.75) is 32.2 Å². The van der Waals surface area contributed by atoms with Crippen LogP contribution in [0.1, 0.15) is 36.5 Å². The van der Waals surface area contributed by atoms with Gasteiger partial charge < -0.3 is 10.2 Å². The molecule has 1 aromatic carbocycles. The number of piperidine rings is 1. The number of rotatable bonds is 4. The third-order valence-electron chi connectivity index (χ3n) is 3.58. The van der Waals surface area contributed by atoms with Crippen molar-refractivity contribution >= 4 is 17.5 Å². The molecule has 1 saturated heterocycles. The molecule has 19 heavy (non-hydrogen) atoms. The van der Waals surface area contributed by atoms with Crippen LogP contribution in [0.4, 0.5) is 0 Å². The number of hydrogen-bond donors (Lipinski definition) is 1. The minimum Gasteiger partial charge on any atom is -0.349 e. The molecule has 0 saturated carbocycles. The Morgan fingerprint density at radius 3 is 2.68 bits per heavy atom. The molecule has 4 heteroatoms. The normalized spacial score (nSPS) is 17.4. The average Bonchev–Trinajstić information content (AvgIpc) is 2.42. The van der Waals surface area contributed by atoms with Gasteiger partial charge in [-0.3, -0.25) is 4.79 Å². The lowest BCUT2D eigenvalue weighted by Gasteiger charge is -2.32. The lowest BCUT2D eigenvalue weighted by molar-refractivity contribution is 0.0911. The van der Waals surface area contributed by atoms with Gasteiger partial charge in [-0.15, -0.1) is 0 Å². The second-order valence-electron chi connectivity index (χ2n) is 5.07. The smallest absolute Gasteiger partial charge is 0.253 e. The number of nitrogens with zero attached hydrogens (tertiary/aromatic N) is 1. The first kappa shape index (κ1) is 14.4. The predicted molar refractivity (Wildman–Crippen MR) is 78.7 cm³/mol.